The van der Waals surface area contributed by atoms with E-state index in [1.165, 1.54) is 5.56 Å². The van der Waals surface area contributed by atoms with E-state index in [0.29, 0.717) is 12.1 Å². The molecule has 0 radical (unpaired) electrons. The van der Waals surface area contributed by atoms with Crippen LogP contribution >= 0.6 is 0 Å². The molecule has 4 N–H and O–H groups in total. The number of hydrogen-bond donors (Lipinski definition) is 3. The molecule has 0 spiro atoms. The second-order valence-electron chi connectivity index (χ2n) is 4.63. The standard InChI is InChI=1S/C16H19N3O/c17-18-12-15(11-13-7-3-1-4-8-13)19-16(20)14-9-5-2-6-10-14/h1-10,15,18H,11-12,17H2,(H,19,20). The molecule has 0 bridgehead atoms. The van der Waals surface area contributed by atoms with E-state index in [1.807, 2.05) is 48.5 Å². The van der Waals surface area contributed by atoms with E-state index in [0.717, 1.165) is 6.42 Å². The molecule has 2 rings (SSSR count). The maximum absolute atomic E-state index is 12.1. The predicted octanol–water partition coefficient (Wildman–Crippen LogP) is 1.49. The van der Waals surface area contributed by atoms with E-state index in [1.54, 1.807) is 12.1 Å². The van der Waals surface area contributed by atoms with Crippen molar-refractivity contribution in [1.82, 2.24) is 10.7 Å². The van der Waals surface area contributed by atoms with Crippen LogP contribution in [0.1, 0.15) is 15.9 Å². The number of benzene rings is 2. The molecule has 0 saturated carbocycles. The molecule has 0 aliphatic rings. The van der Waals surface area contributed by atoms with Crippen molar-refractivity contribution in [1.29, 1.82) is 0 Å². The van der Waals surface area contributed by atoms with Gasteiger partial charge in [0.05, 0.1) is 0 Å². The molecule has 2 aromatic rings. The summed E-state index contributed by atoms with van der Waals surface area (Å²) < 4.78 is 0. The molecule has 1 atom stereocenters. The number of hydrazine groups is 1. The third-order valence-electron chi connectivity index (χ3n) is 3.06. The summed E-state index contributed by atoms with van der Waals surface area (Å²) in [7, 11) is 0. The fraction of sp³-hybridized carbons (Fsp3) is 0.188. The third-order valence-corrected chi connectivity index (χ3v) is 3.06. The molecule has 0 aromatic heterocycles. The van der Waals surface area contributed by atoms with Crippen LogP contribution in [0.15, 0.2) is 60.7 Å². The quantitative estimate of drug-likeness (QED) is 0.550. The number of carbonyl (C=O) groups excluding carboxylic acids is 1. The Labute approximate surface area is 119 Å². The van der Waals surface area contributed by atoms with Crippen molar-refractivity contribution >= 4 is 5.91 Å². The first kappa shape index (κ1) is 14.2. The predicted molar refractivity (Wildman–Crippen MR) is 80.0 cm³/mol. The van der Waals surface area contributed by atoms with Crippen molar-refractivity contribution in [2.75, 3.05) is 6.54 Å². The summed E-state index contributed by atoms with van der Waals surface area (Å²) in [6.07, 6.45) is 0.740. The lowest BCUT2D eigenvalue weighted by Crippen LogP contribution is -2.45. The first-order valence-electron chi connectivity index (χ1n) is 6.63. The van der Waals surface area contributed by atoms with Crippen LogP contribution in [-0.2, 0) is 6.42 Å². The van der Waals surface area contributed by atoms with E-state index >= 15 is 0 Å². The zero-order chi connectivity index (χ0) is 14.2. The van der Waals surface area contributed by atoms with Crippen LogP contribution in [0, 0.1) is 0 Å². The number of amides is 1. The molecule has 4 heteroatoms. The van der Waals surface area contributed by atoms with E-state index in [4.69, 9.17) is 5.84 Å². The lowest BCUT2D eigenvalue weighted by atomic mass is 10.1. The normalized spacial score (nSPS) is 11.8. The highest BCUT2D eigenvalue weighted by atomic mass is 16.1. The molecular weight excluding hydrogens is 250 g/mol. The number of carbonyl (C=O) groups is 1. The molecular formula is C16H19N3O. The minimum Gasteiger partial charge on any atom is -0.348 e. The minimum absolute atomic E-state index is 0.0462. The lowest BCUT2D eigenvalue weighted by Gasteiger charge is -2.18. The largest absolute Gasteiger partial charge is 0.348 e. The fourth-order valence-corrected chi connectivity index (χ4v) is 2.07. The number of hydrogen-bond acceptors (Lipinski definition) is 3. The summed E-state index contributed by atoms with van der Waals surface area (Å²) in [5.74, 6) is 5.31. The second-order valence-corrected chi connectivity index (χ2v) is 4.63. The van der Waals surface area contributed by atoms with Crippen LogP contribution in [0.25, 0.3) is 0 Å². The summed E-state index contributed by atoms with van der Waals surface area (Å²) in [5.41, 5.74) is 4.45. The highest BCUT2D eigenvalue weighted by Crippen LogP contribution is 2.04. The summed E-state index contributed by atoms with van der Waals surface area (Å²) in [6, 6.07) is 19.2. The molecule has 2 aromatic carbocycles. The summed E-state index contributed by atoms with van der Waals surface area (Å²) in [5, 5.41) is 3.00. The number of nitrogens with one attached hydrogen (secondary N) is 2. The van der Waals surface area contributed by atoms with E-state index in [2.05, 4.69) is 10.7 Å². The zero-order valence-electron chi connectivity index (χ0n) is 11.3. The average molecular weight is 269 g/mol. The van der Waals surface area contributed by atoms with Gasteiger partial charge < -0.3 is 5.32 Å². The van der Waals surface area contributed by atoms with Crippen LogP contribution < -0.4 is 16.6 Å². The molecule has 0 saturated heterocycles. The molecule has 20 heavy (non-hydrogen) atoms. The Hall–Kier alpha value is -2.17. The van der Waals surface area contributed by atoms with Gasteiger partial charge >= 0.3 is 0 Å². The Morgan fingerprint density at radius 2 is 1.60 bits per heavy atom. The Morgan fingerprint density at radius 1 is 1.00 bits per heavy atom. The topological polar surface area (TPSA) is 67.2 Å². The maximum Gasteiger partial charge on any atom is 0.251 e. The minimum atomic E-state index is -0.0817. The van der Waals surface area contributed by atoms with Crippen molar-refractivity contribution in [3.05, 3.63) is 71.8 Å². The number of rotatable bonds is 6. The van der Waals surface area contributed by atoms with Crippen molar-refractivity contribution in [3.63, 3.8) is 0 Å². The van der Waals surface area contributed by atoms with E-state index in [9.17, 15) is 4.79 Å². The Morgan fingerprint density at radius 3 is 2.20 bits per heavy atom. The molecule has 1 unspecified atom stereocenters. The molecule has 4 nitrogen and oxygen atoms in total. The first-order chi connectivity index (χ1) is 9.79. The molecule has 0 aliphatic carbocycles. The van der Waals surface area contributed by atoms with E-state index in [-0.39, 0.29) is 11.9 Å². The lowest BCUT2D eigenvalue weighted by molar-refractivity contribution is 0.0936. The zero-order valence-corrected chi connectivity index (χ0v) is 11.3. The average Bonchev–Trinajstić information content (AvgIpc) is 2.49. The molecule has 0 aliphatic heterocycles. The van der Waals surface area contributed by atoms with Gasteiger partial charge in [-0.1, -0.05) is 48.5 Å². The van der Waals surface area contributed by atoms with Crippen molar-refractivity contribution in [3.8, 4) is 0 Å². The Bertz CT molecular complexity index is 528. The molecule has 104 valence electrons. The van der Waals surface area contributed by atoms with Crippen LogP contribution in [0.5, 0.6) is 0 Å². The second kappa shape index (κ2) is 7.43. The van der Waals surface area contributed by atoms with Gasteiger partial charge in [0, 0.05) is 18.2 Å². The summed E-state index contributed by atoms with van der Waals surface area (Å²) in [4.78, 5) is 12.1. The smallest absolute Gasteiger partial charge is 0.251 e. The van der Waals surface area contributed by atoms with Crippen LogP contribution in [-0.4, -0.2) is 18.5 Å². The fourth-order valence-electron chi connectivity index (χ4n) is 2.07. The van der Waals surface area contributed by atoms with Gasteiger partial charge in [-0.3, -0.25) is 16.1 Å². The SMILES string of the molecule is NNCC(Cc1ccccc1)NC(=O)c1ccccc1. The van der Waals surface area contributed by atoms with Crippen molar-refractivity contribution in [2.45, 2.75) is 12.5 Å². The van der Waals surface area contributed by atoms with Crippen molar-refractivity contribution < 1.29 is 4.79 Å². The van der Waals surface area contributed by atoms with Crippen LogP contribution in [0.3, 0.4) is 0 Å². The van der Waals surface area contributed by atoms with Gasteiger partial charge in [-0.15, -0.1) is 0 Å². The molecule has 0 heterocycles. The summed E-state index contributed by atoms with van der Waals surface area (Å²) >= 11 is 0. The van der Waals surface area contributed by atoms with Crippen LogP contribution in [0.2, 0.25) is 0 Å². The van der Waals surface area contributed by atoms with Gasteiger partial charge in [-0.05, 0) is 24.1 Å². The highest BCUT2D eigenvalue weighted by Gasteiger charge is 2.13. The highest BCUT2D eigenvalue weighted by molar-refractivity contribution is 5.94. The van der Waals surface area contributed by atoms with Gasteiger partial charge in [-0.25, -0.2) is 0 Å². The van der Waals surface area contributed by atoms with Gasteiger partial charge in [0.15, 0.2) is 0 Å². The first-order valence-corrected chi connectivity index (χ1v) is 6.63. The van der Waals surface area contributed by atoms with E-state index < -0.39 is 0 Å². The number of nitrogens with two attached hydrogens (primary N) is 1. The summed E-state index contributed by atoms with van der Waals surface area (Å²) in [6.45, 7) is 0.521. The Kier molecular flexibility index (Phi) is 5.29. The van der Waals surface area contributed by atoms with Gasteiger partial charge in [0.1, 0.15) is 0 Å². The molecule has 0 fully saturated rings. The van der Waals surface area contributed by atoms with Crippen molar-refractivity contribution in [2.24, 2.45) is 5.84 Å². The van der Waals surface area contributed by atoms with Gasteiger partial charge in [0.25, 0.3) is 5.91 Å². The monoisotopic (exact) mass is 269 g/mol. The third kappa shape index (κ3) is 4.19. The maximum atomic E-state index is 12.1. The van der Waals surface area contributed by atoms with Gasteiger partial charge in [-0.2, -0.15) is 0 Å². The Balaban J connectivity index is 2.00. The molecule has 1 amide bonds. The van der Waals surface area contributed by atoms with Gasteiger partial charge in [0.2, 0.25) is 0 Å². The van der Waals surface area contributed by atoms with Crippen LogP contribution in [0.4, 0.5) is 0 Å².